The normalized spacial score (nSPS) is 12.4. The van der Waals surface area contributed by atoms with E-state index in [0.29, 0.717) is 25.7 Å². The molecule has 0 aliphatic rings. The number of carbonyl (C=O) groups excluding carboxylic acids is 4. The molecule has 0 fully saturated rings. The van der Waals surface area contributed by atoms with Gasteiger partial charge in [-0.1, -0.05) is 107 Å². The van der Waals surface area contributed by atoms with Crippen LogP contribution >= 0.6 is 0 Å². The molecular formula is C32H60BaCdO8. The molecular weight excluding hydrogens is 762 g/mol. The van der Waals surface area contributed by atoms with Crippen LogP contribution in [0.3, 0.4) is 0 Å². The molecule has 0 aliphatic heterocycles. The molecule has 42 heavy (non-hydrogen) atoms. The Hall–Kier alpha value is 0.374. The number of rotatable bonds is 20. The summed E-state index contributed by atoms with van der Waals surface area (Å²) in [6.45, 7) is 15.8. The number of carboxylic acids is 4. The van der Waals surface area contributed by atoms with E-state index in [1.165, 1.54) is 0 Å². The maximum atomic E-state index is 10.3. The fourth-order valence-corrected chi connectivity index (χ4v) is 3.76. The van der Waals surface area contributed by atoms with E-state index in [2.05, 4.69) is 27.7 Å². The largest absolute Gasteiger partial charge is 2.00 e. The van der Waals surface area contributed by atoms with Crippen LogP contribution in [0.2, 0.25) is 0 Å². The third-order valence-corrected chi connectivity index (χ3v) is 6.93. The molecule has 0 spiro atoms. The van der Waals surface area contributed by atoms with Crippen LogP contribution in [0, 0.1) is 23.7 Å². The zero-order valence-corrected chi connectivity index (χ0v) is 36.8. The second-order valence-corrected chi connectivity index (χ2v) is 10.3. The number of aliphatic carboxylic acids is 4. The van der Waals surface area contributed by atoms with E-state index in [4.69, 9.17) is 0 Å². The molecule has 0 saturated carbocycles. The Morgan fingerprint density at radius 2 is 0.548 bits per heavy atom. The van der Waals surface area contributed by atoms with Gasteiger partial charge >= 0.3 is 76.2 Å². The van der Waals surface area contributed by atoms with Gasteiger partial charge in [0.1, 0.15) is 0 Å². The Labute approximate surface area is 318 Å². The van der Waals surface area contributed by atoms with Crippen molar-refractivity contribution >= 4 is 72.8 Å². The summed E-state index contributed by atoms with van der Waals surface area (Å²) in [7, 11) is 0. The van der Waals surface area contributed by atoms with Gasteiger partial charge in [-0.25, -0.2) is 0 Å². The van der Waals surface area contributed by atoms with Gasteiger partial charge in [-0.05, 0) is 75.0 Å². The quantitative estimate of drug-likeness (QED) is 0.169. The van der Waals surface area contributed by atoms with E-state index in [0.717, 1.165) is 77.0 Å². The molecule has 0 rings (SSSR count). The van der Waals surface area contributed by atoms with E-state index >= 15 is 0 Å². The number of carboxylic acid groups (broad SMARTS) is 4. The molecule has 0 bridgehead atoms. The van der Waals surface area contributed by atoms with Gasteiger partial charge in [0.15, 0.2) is 0 Å². The predicted molar refractivity (Wildman–Crippen MR) is 159 cm³/mol. The Morgan fingerprint density at radius 1 is 0.405 bits per heavy atom. The van der Waals surface area contributed by atoms with Gasteiger partial charge in [0.25, 0.3) is 0 Å². The third-order valence-electron chi connectivity index (χ3n) is 6.93. The average molecular weight is 823 g/mol. The van der Waals surface area contributed by atoms with E-state index in [-0.39, 0.29) is 99.9 Å². The summed E-state index contributed by atoms with van der Waals surface area (Å²) >= 11 is 0. The Kier molecular flexibility index (Phi) is 54.0. The molecule has 0 aromatic heterocycles. The van der Waals surface area contributed by atoms with Crippen molar-refractivity contribution in [3.05, 3.63) is 0 Å². The van der Waals surface area contributed by atoms with E-state index in [1.807, 2.05) is 27.7 Å². The van der Waals surface area contributed by atoms with Crippen LogP contribution in [-0.2, 0) is 46.5 Å². The van der Waals surface area contributed by atoms with Crippen molar-refractivity contribution in [1.29, 1.82) is 0 Å². The fourth-order valence-electron chi connectivity index (χ4n) is 3.76. The number of hydrogen-bond acceptors (Lipinski definition) is 8. The zero-order chi connectivity index (χ0) is 31.9. The predicted octanol–water partition coefficient (Wildman–Crippen LogP) is 3.43. The van der Waals surface area contributed by atoms with Crippen LogP contribution in [0.4, 0.5) is 0 Å². The minimum absolute atomic E-state index is 0. The molecule has 10 heteroatoms. The molecule has 4 unspecified atom stereocenters. The fraction of sp³-hybridized carbons (Fsp3) is 0.875. The Bertz CT molecular complexity index is 515. The molecule has 0 radical (unpaired) electrons. The monoisotopic (exact) mass is 824 g/mol. The van der Waals surface area contributed by atoms with Crippen LogP contribution in [-0.4, -0.2) is 72.8 Å². The van der Waals surface area contributed by atoms with Crippen molar-refractivity contribution in [3.8, 4) is 0 Å². The van der Waals surface area contributed by atoms with Crippen LogP contribution in [0.15, 0.2) is 0 Å². The van der Waals surface area contributed by atoms with Gasteiger partial charge < -0.3 is 39.6 Å². The average Bonchev–Trinajstić information content (AvgIpc) is 2.91. The summed E-state index contributed by atoms with van der Waals surface area (Å²) in [5, 5.41) is 41.3. The third kappa shape index (κ3) is 38.4. The molecule has 0 saturated heterocycles. The second-order valence-electron chi connectivity index (χ2n) is 10.3. The number of hydrogen-bond donors (Lipinski definition) is 0. The van der Waals surface area contributed by atoms with Gasteiger partial charge in [-0.3, -0.25) is 0 Å². The van der Waals surface area contributed by atoms with Gasteiger partial charge in [0.2, 0.25) is 0 Å². The van der Waals surface area contributed by atoms with Gasteiger partial charge in [-0.15, -0.1) is 0 Å². The minimum atomic E-state index is -0.893. The number of carbonyl (C=O) groups is 4. The van der Waals surface area contributed by atoms with Gasteiger partial charge in [0.05, 0.1) is 0 Å². The van der Waals surface area contributed by atoms with Crippen molar-refractivity contribution in [3.63, 3.8) is 0 Å². The summed E-state index contributed by atoms with van der Waals surface area (Å²) < 4.78 is 0. The van der Waals surface area contributed by atoms with Crippen molar-refractivity contribution < 1.29 is 66.9 Å². The van der Waals surface area contributed by atoms with Crippen molar-refractivity contribution in [2.75, 3.05) is 0 Å². The second kappa shape index (κ2) is 41.4. The maximum absolute atomic E-state index is 10.3. The molecule has 0 aromatic rings. The molecule has 8 nitrogen and oxygen atoms in total. The first-order chi connectivity index (χ1) is 18.9. The van der Waals surface area contributed by atoms with Crippen molar-refractivity contribution in [1.82, 2.24) is 0 Å². The molecule has 240 valence electrons. The zero-order valence-electron chi connectivity index (χ0n) is 28.3. The van der Waals surface area contributed by atoms with E-state index in [1.54, 1.807) is 0 Å². The van der Waals surface area contributed by atoms with Gasteiger partial charge in [0, 0.05) is 23.9 Å². The SMILES string of the molecule is CCCCC(CC)C(=O)[O-].CCCCC(CC)C(=O)[O-].CCCCC(CC)C(=O)[O-].CCCCC(CC)C(=O)[O-].[Ba+2].[Cd+2]. The van der Waals surface area contributed by atoms with E-state index < -0.39 is 23.9 Å². The summed E-state index contributed by atoms with van der Waals surface area (Å²) in [4.78, 5) is 41.3. The Balaban J connectivity index is -0.000000101. The molecule has 0 N–H and O–H groups in total. The van der Waals surface area contributed by atoms with Crippen LogP contribution in [0.25, 0.3) is 0 Å². The molecule has 0 amide bonds. The van der Waals surface area contributed by atoms with Gasteiger partial charge in [-0.2, -0.15) is 0 Å². The summed E-state index contributed by atoms with van der Waals surface area (Å²) in [6, 6.07) is 0. The van der Waals surface area contributed by atoms with Crippen molar-refractivity contribution in [2.24, 2.45) is 23.7 Å². The van der Waals surface area contributed by atoms with Crippen LogP contribution in [0.5, 0.6) is 0 Å². The summed E-state index contributed by atoms with van der Waals surface area (Å²) in [5.41, 5.74) is 0. The smallest absolute Gasteiger partial charge is 0.550 e. The maximum Gasteiger partial charge on any atom is 2.00 e. The number of unbranched alkanes of at least 4 members (excludes halogenated alkanes) is 4. The first-order valence-electron chi connectivity index (χ1n) is 15.7. The minimum Gasteiger partial charge on any atom is -0.550 e. The first kappa shape index (κ1) is 54.8. The first-order valence-corrected chi connectivity index (χ1v) is 15.7. The topological polar surface area (TPSA) is 161 Å². The van der Waals surface area contributed by atoms with Crippen LogP contribution < -0.4 is 20.4 Å². The van der Waals surface area contributed by atoms with E-state index in [9.17, 15) is 39.6 Å². The summed E-state index contributed by atoms with van der Waals surface area (Å²) in [6.07, 6.45) is 14.1. The molecule has 4 atom stereocenters. The molecule has 0 aliphatic carbocycles. The standard InChI is InChI=1S/4C8H16O2.Ba.Cd/c4*1-3-5-6-7(4-2)8(9)10;;/h4*7H,3-6H2,1-2H3,(H,9,10);;/q;;;;2*+2/p-4. The molecule has 0 aromatic carbocycles. The van der Waals surface area contributed by atoms with Crippen LogP contribution in [0.1, 0.15) is 158 Å². The van der Waals surface area contributed by atoms with Crippen molar-refractivity contribution in [2.45, 2.75) is 158 Å². The summed E-state index contributed by atoms with van der Waals surface area (Å²) in [5.74, 6) is -4.46. The Morgan fingerprint density at radius 3 is 0.619 bits per heavy atom. The molecule has 0 heterocycles.